The van der Waals surface area contributed by atoms with Gasteiger partial charge in [-0.1, -0.05) is 6.92 Å². The molecule has 0 aliphatic carbocycles. The van der Waals surface area contributed by atoms with Gasteiger partial charge < -0.3 is 25.8 Å². The number of pyridine rings is 2. The molecule has 10 nitrogen and oxygen atoms in total. The predicted molar refractivity (Wildman–Crippen MR) is 129 cm³/mol. The second-order valence-electron chi connectivity index (χ2n) is 8.66. The highest BCUT2D eigenvalue weighted by atomic mass is 19.1. The minimum atomic E-state index is -1.22. The van der Waals surface area contributed by atoms with Gasteiger partial charge in [-0.15, -0.1) is 0 Å². The zero-order valence-electron chi connectivity index (χ0n) is 19.3. The van der Waals surface area contributed by atoms with Crippen LogP contribution in [0, 0.1) is 5.82 Å². The number of nitrogens with one attached hydrogen (secondary N) is 1. The van der Waals surface area contributed by atoms with Crippen molar-refractivity contribution in [1.82, 2.24) is 14.9 Å². The number of ether oxygens (including phenoxy) is 1. The predicted octanol–water partition coefficient (Wildman–Crippen LogP) is 3.10. The molecule has 1 unspecified atom stereocenters. The van der Waals surface area contributed by atoms with Crippen molar-refractivity contribution in [2.75, 3.05) is 42.7 Å². The van der Waals surface area contributed by atoms with Crippen molar-refractivity contribution < 1.29 is 23.8 Å². The van der Waals surface area contributed by atoms with Crippen molar-refractivity contribution in [3.8, 4) is 17.0 Å². The molecule has 182 valence electrons. The third-order valence-electron chi connectivity index (χ3n) is 6.56. The fraction of sp³-hybridized carbons (Fsp3) is 0.333. The van der Waals surface area contributed by atoms with E-state index in [1.807, 2.05) is 6.92 Å². The standard InChI is InChI=1S/C24H25FN6O4/c1-3-14-17(10-29-23-22(14)27-4-5-35-23)15-6-12-7-18(28-9-16(12)21(26)20(15)25)31(24(33)34)13-8-19(32)30(2)11-13/h6-7,9-10,13,27H,3-5,8,11,26H2,1-2H3,(H,33,34). The molecule has 11 heteroatoms. The smallest absolute Gasteiger partial charge is 0.413 e. The van der Waals surface area contributed by atoms with E-state index < -0.39 is 18.0 Å². The number of nitrogens with zero attached hydrogens (tertiary/aromatic N) is 4. The van der Waals surface area contributed by atoms with Gasteiger partial charge in [0.25, 0.3) is 0 Å². The van der Waals surface area contributed by atoms with E-state index >= 15 is 4.39 Å². The Morgan fingerprint density at radius 3 is 2.83 bits per heavy atom. The van der Waals surface area contributed by atoms with Crippen LogP contribution in [0.4, 0.5) is 26.4 Å². The van der Waals surface area contributed by atoms with Gasteiger partial charge in [-0.3, -0.25) is 9.69 Å². The van der Waals surface area contributed by atoms with Crippen LogP contribution in [0.5, 0.6) is 5.88 Å². The number of hydrogen-bond donors (Lipinski definition) is 3. The van der Waals surface area contributed by atoms with E-state index in [4.69, 9.17) is 10.5 Å². The molecule has 35 heavy (non-hydrogen) atoms. The molecular formula is C24H25FN6O4. The summed E-state index contributed by atoms with van der Waals surface area (Å²) in [6.07, 6.45) is 2.38. The summed E-state index contributed by atoms with van der Waals surface area (Å²) in [5.41, 5.74) is 8.50. The van der Waals surface area contributed by atoms with Crippen molar-refractivity contribution >= 4 is 40.0 Å². The lowest BCUT2D eigenvalue weighted by Crippen LogP contribution is -2.41. The number of likely N-dealkylation sites (N-methyl/N-ethyl adjacent to an activating group) is 1. The van der Waals surface area contributed by atoms with Crippen molar-refractivity contribution in [1.29, 1.82) is 0 Å². The molecule has 2 amide bonds. The topological polar surface area (TPSA) is 134 Å². The first-order valence-corrected chi connectivity index (χ1v) is 11.3. The van der Waals surface area contributed by atoms with Gasteiger partial charge in [-0.05, 0) is 29.5 Å². The Kier molecular flexibility index (Phi) is 5.54. The number of anilines is 3. The maximum Gasteiger partial charge on any atom is 0.413 e. The molecule has 1 saturated heterocycles. The van der Waals surface area contributed by atoms with Crippen molar-refractivity contribution in [2.45, 2.75) is 25.8 Å². The molecular weight excluding hydrogens is 455 g/mol. The Hall–Kier alpha value is -4.15. The van der Waals surface area contributed by atoms with E-state index in [0.29, 0.717) is 41.8 Å². The highest BCUT2D eigenvalue weighted by Gasteiger charge is 2.36. The molecule has 0 saturated carbocycles. The summed E-state index contributed by atoms with van der Waals surface area (Å²) >= 11 is 0. The molecule has 2 aromatic heterocycles. The molecule has 4 N–H and O–H groups in total. The van der Waals surface area contributed by atoms with Gasteiger partial charge in [-0.25, -0.2) is 19.2 Å². The van der Waals surface area contributed by atoms with Crippen molar-refractivity contribution in [3.63, 3.8) is 0 Å². The SMILES string of the molecule is CCc1c(-c2cc3cc(N(C(=O)O)C4CC(=O)N(C)C4)ncc3c(N)c2F)cnc2c1NCCO2. The third-order valence-corrected chi connectivity index (χ3v) is 6.56. The monoisotopic (exact) mass is 480 g/mol. The molecule has 0 bridgehead atoms. The Bertz CT molecular complexity index is 1360. The molecule has 1 fully saturated rings. The van der Waals surface area contributed by atoms with Crippen LogP contribution in [0.15, 0.2) is 24.5 Å². The fourth-order valence-electron chi connectivity index (χ4n) is 4.81. The number of hydrogen-bond acceptors (Lipinski definition) is 7. The Morgan fingerprint density at radius 1 is 1.34 bits per heavy atom. The van der Waals surface area contributed by atoms with Gasteiger partial charge in [0.2, 0.25) is 11.8 Å². The maximum atomic E-state index is 15.5. The van der Waals surface area contributed by atoms with Gasteiger partial charge >= 0.3 is 6.09 Å². The molecule has 3 aromatic rings. The zero-order chi connectivity index (χ0) is 24.9. The first-order valence-electron chi connectivity index (χ1n) is 11.3. The number of aromatic nitrogens is 2. The number of carboxylic acid groups (broad SMARTS) is 1. The molecule has 4 heterocycles. The lowest BCUT2D eigenvalue weighted by molar-refractivity contribution is -0.126. The van der Waals surface area contributed by atoms with Gasteiger partial charge in [-0.2, -0.15) is 0 Å². The van der Waals surface area contributed by atoms with Crippen LogP contribution in [0.25, 0.3) is 21.9 Å². The summed E-state index contributed by atoms with van der Waals surface area (Å²) in [6, 6.07) is 2.62. The largest absolute Gasteiger partial charge is 0.474 e. The van der Waals surface area contributed by atoms with Gasteiger partial charge in [0.05, 0.1) is 11.7 Å². The molecule has 2 aliphatic rings. The van der Waals surface area contributed by atoms with Gasteiger partial charge in [0.1, 0.15) is 18.1 Å². The molecule has 1 aromatic carbocycles. The number of fused-ring (bicyclic) bond motifs is 2. The zero-order valence-corrected chi connectivity index (χ0v) is 19.3. The Labute approximate surface area is 200 Å². The number of carbonyl (C=O) groups is 2. The summed E-state index contributed by atoms with van der Waals surface area (Å²) < 4.78 is 21.1. The summed E-state index contributed by atoms with van der Waals surface area (Å²) in [4.78, 5) is 35.3. The van der Waals surface area contributed by atoms with Crippen molar-refractivity contribution in [3.05, 3.63) is 35.9 Å². The van der Waals surface area contributed by atoms with Crippen LogP contribution in [0.1, 0.15) is 18.9 Å². The second-order valence-corrected chi connectivity index (χ2v) is 8.66. The van der Waals surface area contributed by atoms with Gasteiger partial charge in [0.15, 0.2) is 5.82 Å². The summed E-state index contributed by atoms with van der Waals surface area (Å²) in [7, 11) is 1.63. The number of likely N-dealkylation sites (tertiary alicyclic amines) is 1. The number of amides is 2. The number of rotatable bonds is 4. The van der Waals surface area contributed by atoms with E-state index in [9.17, 15) is 14.7 Å². The number of carbonyl (C=O) groups excluding carboxylic acids is 1. The molecule has 1 atom stereocenters. The van der Waals surface area contributed by atoms with Crippen LogP contribution in [0.3, 0.4) is 0 Å². The number of benzene rings is 1. The number of halogens is 1. The number of nitrogen functional groups attached to an aromatic ring is 1. The number of nitrogens with two attached hydrogens (primary N) is 1. The normalized spacial score (nSPS) is 17.2. The molecule has 5 rings (SSSR count). The van der Waals surface area contributed by atoms with Crippen LogP contribution in [-0.4, -0.2) is 64.8 Å². The van der Waals surface area contributed by atoms with Crippen LogP contribution in [0.2, 0.25) is 0 Å². The summed E-state index contributed by atoms with van der Waals surface area (Å²) in [5.74, 6) is -0.117. The average molecular weight is 481 g/mol. The highest BCUT2D eigenvalue weighted by molar-refractivity contribution is 6.00. The summed E-state index contributed by atoms with van der Waals surface area (Å²) in [6.45, 7) is 3.34. The van der Waals surface area contributed by atoms with E-state index in [1.54, 1.807) is 25.4 Å². The van der Waals surface area contributed by atoms with E-state index in [0.717, 1.165) is 16.2 Å². The highest BCUT2D eigenvalue weighted by Crippen LogP contribution is 2.40. The summed E-state index contributed by atoms with van der Waals surface area (Å²) in [5, 5.41) is 14.1. The second kappa shape index (κ2) is 8.57. The van der Waals surface area contributed by atoms with E-state index in [-0.39, 0.29) is 35.9 Å². The van der Waals surface area contributed by atoms with Crippen molar-refractivity contribution in [2.24, 2.45) is 0 Å². The fourth-order valence-corrected chi connectivity index (χ4v) is 4.81. The van der Waals surface area contributed by atoms with Crippen LogP contribution < -0.4 is 20.7 Å². The van der Waals surface area contributed by atoms with E-state index in [2.05, 4.69) is 15.3 Å². The first-order chi connectivity index (χ1) is 16.8. The minimum absolute atomic E-state index is 0.0645. The first kappa shape index (κ1) is 22.6. The quantitative estimate of drug-likeness (QED) is 0.485. The molecule has 0 radical (unpaired) electrons. The minimum Gasteiger partial charge on any atom is -0.474 e. The Morgan fingerprint density at radius 2 is 2.14 bits per heavy atom. The Balaban J connectivity index is 1.65. The maximum absolute atomic E-state index is 15.5. The lowest BCUT2D eigenvalue weighted by Gasteiger charge is -2.25. The van der Waals surface area contributed by atoms with Crippen LogP contribution >= 0.6 is 0 Å². The lowest BCUT2D eigenvalue weighted by atomic mass is 9.95. The van der Waals surface area contributed by atoms with Gasteiger partial charge in [0, 0.05) is 55.5 Å². The molecule has 2 aliphatic heterocycles. The van der Waals surface area contributed by atoms with E-state index in [1.165, 1.54) is 11.1 Å². The molecule has 0 spiro atoms. The van der Waals surface area contributed by atoms with Crippen LogP contribution in [-0.2, 0) is 11.2 Å². The third kappa shape index (κ3) is 3.72. The average Bonchev–Trinajstić information content (AvgIpc) is 3.17.